The average molecular weight is 139 g/mol. The standard InChI is InChI=1S/C6H7N2O2/c1-10-6(9)8-4-2-3-7-5-8/h2-3H,4H2,1H3. The Morgan fingerprint density at radius 1 is 1.90 bits per heavy atom. The molecule has 0 atom stereocenters. The molecule has 0 saturated carbocycles. The molecule has 10 heavy (non-hydrogen) atoms. The lowest BCUT2D eigenvalue weighted by atomic mass is 10.5. The molecule has 1 heterocycles. The lowest BCUT2D eigenvalue weighted by Gasteiger charge is -2.13. The molecule has 0 aromatic carbocycles. The topological polar surface area (TPSA) is 41.9 Å². The Labute approximate surface area is 58.8 Å². The van der Waals surface area contributed by atoms with Crippen molar-refractivity contribution in [1.82, 2.24) is 4.90 Å². The van der Waals surface area contributed by atoms with Gasteiger partial charge in [0, 0.05) is 6.20 Å². The Bertz CT molecular complexity index is 186. The van der Waals surface area contributed by atoms with Crippen LogP contribution < -0.4 is 0 Å². The van der Waals surface area contributed by atoms with Gasteiger partial charge in [-0.1, -0.05) is 0 Å². The number of hydrogen-bond acceptors (Lipinski definition) is 3. The summed E-state index contributed by atoms with van der Waals surface area (Å²) >= 11 is 0. The Balaban J connectivity index is 2.51. The molecule has 0 unspecified atom stereocenters. The number of carbonyl (C=O) groups is 1. The van der Waals surface area contributed by atoms with Gasteiger partial charge in [0.25, 0.3) is 0 Å². The molecule has 53 valence electrons. The summed E-state index contributed by atoms with van der Waals surface area (Å²) in [5.41, 5.74) is 0. The summed E-state index contributed by atoms with van der Waals surface area (Å²) in [7, 11) is 1.32. The summed E-state index contributed by atoms with van der Waals surface area (Å²) in [6, 6.07) is 0. The number of aliphatic imine (C=N–C) groups is 1. The maximum absolute atomic E-state index is 10.7. The van der Waals surface area contributed by atoms with Crippen molar-refractivity contribution in [1.29, 1.82) is 0 Å². The van der Waals surface area contributed by atoms with Gasteiger partial charge in [-0.25, -0.2) is 9.79 Å². The summed E-state index contributed by atoms with van der Waals surface area (Å²) in [6.07, 6.45) is 5.36. The second-order valence-electron chi connectivity index (χ2n) is 1.69. The van der Waals surface area contributed by atoms with E-state index >= 15 is 0 Å². The van der Waals surface area contributed by atoms with Crippen LogP contribution in [0, 0.1) is 0 Å². The van der Waals surface area contributed by atoms with Gasteiger partial charge >= 0.3 is 6.09 Å². The molecule has 0 N–H and O–H groups in total. The van der Waals surface area contributed by atoms with Crippen molar-refractivity contribution < 1.29 is 9.53 Å². The van der Waals surface area contributed by atoms with E-state index in [2.05, 4.69) is 16.1 Å². The lowest BCUT2D eigenvalue weighted by molar-refractivity contribution is 0.149. The third kappa shape index (κ3) is 1.34. The summed E-state index contributed by atoms with van der Waals surface area (Å²) < 4.78 is 4.42. The smallest absolute Gasteiger partial charge is 0.415 e. The molecule has 1 radical (unpaired) electrons. The molecule has 0 aromatic heterocycles. The minimum Gasteiger partial charge on any atom is -0.452 e. The van der Waals surface area contributed by atoms with Crippen LogP contribution >= 0.6 is 0 Å². The monoisotopic (exact) mass is 139 g/mol. The zero-order valence-corrected chi connectivity index (χ0v) is 5.57. The van der Waals surface area contributed by atoms with Crippen molar-refractivity contribution in [2.24, 2.45) is 4.99 Å². The number of ether oxygens (including phenoxy) is 1. The highest BCUT2D eigenvalue weighted by Crippen LogP contribution is 1.94. The Morgan fingerprint density at radius 2 is 2.70 bits per heavy atom. The average Bonchev–Trinajstić information content (AvgIpc) is 2.05. The fraction of sp³-hybridized carbons (Fsp3) is 0.333. The van der Waals surface area contributed by atoms with Gasteiger partial charge in [0.1, 0.15) is 0 Å². The fourth-order valence-electron chi connectivity index (χ4n) is 0.575. The van der Waals surface area contributed by atoms with Crippen molar-refractivity contribution in [3.8, 4) is 0 Å². The first-order chi connectivity index (χ1) is 4.84. The first kappa shape index (κ1) is 6.80. The van der Waals surface area contributed by atoms with E-state index in [1.165, 1.54) is 12.0 Å². The largest absolute Gasteiger partial charge is 0.452 e. The Hall–Kier alpha value is -1.32. The van der Waals surface area contributed by atoms with Crippen LogP contribution in [0.3, 0.4) is 0 Å². The number of hydrogen-bond donors (Lipinski definition) is 0. The molecule has 0 aliphatic carbocycles. The molecule has 0 spiro atoms. The van der Waals surface area contributed by atoms with Crippen LogP contribution in [0.5, 0.6) is 0 Å². The predicted octanol–water partition coefficient (Wildman–Crippen LogP) is 0.487. The van der Waals surface area contributed by atoms with E-state index in [4.69, 9.17) is 0 Å². The van der Waals surface area contributed by atoms with Crippen LogP contribution in [-0.4, -0.2) is 31.0 Å². The SMILES string of the molecule is COC(=O)N1[C]=NC=CC1. The van der Waals surface area contributed by atoms with E-state index in [-0.39, 0.29) is 0 Å². The van der Waals surface area contributed by atoms with Crippen molar-refractivity contribution >= 4 is 12.4 Å². The van der Waals surface area contributed by atoms with Crippen LogP contribution in [0.4, 0.5) is 4.79 Å². The molecule has 4 nitrogen and oxygen atoms in total. The summed E-state index contributed by atoms with van der Waals surface area (Å²) in [5, 5.41) is 0. The quantitative estimate of drug-likeness (QED) is 0.490. The zero-order chi connectivity index (χ0) is 7.40. The molecule has 1 aliphatic heterocycles. The molecule has 0 bridgehead atoms. The molecular formula is C6H7N2O2. The van der Waals surface area contributed by atoms with Gasteiger partial charge in [-0.05, 0) is 6.08 Å². The van der Waals surface area contributed by atoms with Crippen molar-refractivity contribution in [3.05, 3.63) is 12.3 Å². The Morgan fingerprint density at radius 3 is 3.20 bits per heavy atom. The van der Waals surface area contributed by atoms with Gasteiger partial charge in [-0.2, -0.15) is 0 Å². The van der Waals surface area contributed by atoms with Gasteiger partial charge in [-0.3, -0.25) is 4.90 Å². The van der Waals surface area contributed by atoms with Crippen LogP contribution in [0.25, 0.3) is 0 Å². The predicted molar refractivity (Wildman–Crippen MR) is 35.7 cm³/mol. The van der Waals surface area contributed by atoms with Crippen molar-refractivity contribution in [2.45, 2.75) is 0 Å². The molecule has 0 aromatic rings. The van der Waals surface area contributed by atoms with Crippen molar-refractivity contribution in [3.63, 3.8) is 0 Å². The summed E-state index contributed by atoms with van der Waals surface area (Å²) in [4.78, 5) is 15.6. The van der Waals surface area contributed by atoms with E-state index in [1.54, 1.807) is 12.3 Å². The first-order valence-corrected chi connectivity index (χ1v) is 2.80. The second kappa shape index (κ2) is 3.00. The number of methoxy groups -OCH3 is 1. The zero-order valence-electron chi connectivity index (χ0n) is 5.57. The van der Waals surface area contributed by atoms with Crippen LogP contribution in [0.2, 0.25) is 0 Å². The number of carbonyl (C=O) groups excluding carboxylic acids is 1. The number of nitrogens with zero attached hydrogens (tertiary/aromatic N) is 2. The van der Waals surface area contributed by atoms with E-state index in [0.717, 1.165) is 0 Å². The number of amides is 1. The van der Waals surface area contributed by atoms with Gasteiger partial charge in [0.15, 0.2) is 6.34 Å². The van der Waals surface area contributed by atoms with Gasteiger partial charge in [0.05, 0.1) is 13.7 Å². The molecule has 0 fully saturated rings. The minimum absolute atomic E-state index is 0.437. The maximum atomic E-state index is 10.7. The molecule has 1 amide bonds. The fourth-order valence-corrected chi connectivity index (χ4v) is 0.575. The van der Waals surface area contributed by atoms with E-state index in [9.17, 15) is 4.79 Å². The third-order valence-corrected chi connectivity index (χ3v) is 1.04. The van der Waals surface area contributed by atoms with E-state index in [0.29, 0.717) is 6.54 Å². The molecular weight excluding hydrogens is 132 g/mol. The highest BCUT2D eigenvalue weighted by atomic mass is 16.5. The van der Waals surface area contributed by atoms with Gasteiger partial charge < -0.3 is 4.74 Å². The highest BCUT2D eigenvalue weighted by Gasteiger charge is 2.10. The molecule has 1 aliphatic rings. The lowest BCUT2D eigenvalue weighted by Crippen LogP contribution is -2.30. The normalized spacial score (nSPS) is 15.5. The summed E-state index contributed by atoms with van der Waals surface area (Å²) in [5.74, 6) is 0. The van der Waals surface area contributed by atoms with Crippen LogP contribution in [0.15, 0.2) is 17.3 Å². The third-order valence-electron chi connectivity index (χ3n) is 1.04. The van der Waals surface area contributed by atoms with Crippen molar-refractivity contribution in [2.75, 3.05) is 13.7 Å². The van der Waals surface area contributed by atoms with Gasteiger partial charge in [-0.15, -0.1) is 0 Å². The molecule has 1 rings (SSSR count). The van der Waals surface area contributed by atoms with E-state index < -0.39 is 6.09 Å². The highest BCUT2D eigenvalue weighted by molar-refractivity contribution is 5.83. The van der Waals surface area contributed by atoms with Crippen LogP contribution in [-0.2, 0) is 4.74 Å². The second-order valence-corrected chi connectivity index (χ2v) is 1.69. The van der Waals surface area contributed by atoms with E-state index in [1.807, 2.05) is 0 Å². The first-order valence-electron chi connectivity index (χ1n) is 2.80. The maximum Gasteiger partial charge on any atom is 0.415 e. The molecule has 4 heteroatoms. The Kier molecular flexibility index (Phi) is 2.04. The van der Waals surface area contributed by atoms with Gasteiger partial charge in [0.2, 0.25) is 0 Å². The molecule has 0 saturated heterocycles. The summed E-state index contributed by atoms with van der Waals surface area (Å²) in [6.45, 7) is 0.482. The van der Waals surface area contributed by atoms with Crippen LogP contribution in [0.1, 0.15) is 0 Å². The minimum atomic E-state index is -0.437. The number of rotatable bonds is 0.